The van der Waals surface area contributed by atoms with Crippen LogP contribution in [0.4, 0.5) is 0 Å². The number of esters is 1. The van der Waals surface area contributed by atoms with Crippen molar-refractivity contribution in [2.45, 2.75) is 19.9 Å². The molecule has 0 aromatic heterocycles. The Bertz CT molecular complexity index is 556. The van der Waals surface area contributed by atoms with Crippen LogP contribution in [0.1, 0.15) is 19.4 Å². The lowest BCUT2D eigenvalue weighted by Gasteiger charge is -2.18. The van der Waals surface area contributed by atoms with Crippen molar-refractivity contribution in [3.63, 3.8) is 0 Å². The van der Waals surface area contributed by atoms with Gasteiger partial charge in [-0.25, -0.2) is 4.79 Å². The summed E-state index contributed by atoms with van der Waals surface area (Å²) < 4.78 is 4.66. The van der Waals surface area contributed by atoms with Crippen molar-refractivity contribution in [2.24, 2.45) is 5.92 Å². The van der Waals surface area contributed by atoms with E-state index in [0.717, 1.165) is 0 Å². The number of carbonyl (C=O) groups excluding carboxylic acids is 2. The first-order chi connectivity index (χ1) is 9.85. The average Bonchev–Trinajstić information content (AvgIpc) is 2.44. The molecule has 0 aliphatic rings. The molecule has 0 heterocycles. The molecule has 0 aliphatic heterocycles. The Morgan fingerprint density at radius 3 is 2.52 bits per heavy atom. The second kappa shape index (κ2) is 8.05. The third-order valence-electron chi connectivity index (χ3n) is 2.79. The molecule has 114 valence electrons. The third kappa shape index (κ3) is 5.40. The van der Waals surface area contributed by atoms with Crippen LogP contribution < -0.4 is 5.32 Å². The average molecular weight is 330 g/mol. The molecule has 1 amide bonds. The SMILES string of the molecule is COC(=O)[C@@H](NC(=O)/C=C/c1cc(Cl)ccc1Cl)C(C)C. The number of hydrogen-bond donors (Lipinski definition) is 1. The Hall–Kier alpha value is -1.52. The van der Waals surface area contributed by atoms with Gasteiger partial charge in [0.25, 0.3) is 0 Å². The first-order valence-electron chi connectivity index (χ1n) is 6.36. The summed E-state index contributed by atoms with van der Waals surface area (Å²) in [6.45, 7) is 3.64. The number of nitrogens with one attached hydrogen (secondary N) is 1. The molecule has 1 aromatic rings. The van der Waals surface area contributed by atoms with E-state index in [9.17, 15) is 9.59 Å². The number of amides is 1. The van der Waals surface area contributed by atoms with Crippen LogP contribution in [0.2, 0.25) is 10.0 Å². The fourth-order valence-electron chi connectivity index (χ4n) is 1.63. The van der Waals surface area contributed by atoms with E-state index in [2.05, 4.69) is 10.1 Å². The Kier molecular flexibility index (Phi) is 6.72. The summed E-state index contributed by atoms with van der Waals surface area (Å²) in [6.07, 6.45) is 2.84. The fourth-order valence-corrected chi connectivity index (χ4v) is 1.99. The zero-order chi connectivity index (χ0) is 16.0. The standard InChI is InChI=1S/C15H17Cl2NO3/c1-9(2)14(15(20)21-3)18-13(19)7-4-10-8-11(16)5-6-12(10)17/h4-9,14H,1-3H3,(H,18,19)/b7-4+/t14-/m0/s1. The highest BCUT2D eigenvalue weighted by molar-refractivity contribution is 6.34. The van der Waals surface area contributed by atoms with E-state index in [1.54, 1.807) is 18.2 Å². The quantitative estimate of drug-likeness (QED) is 0.666. The lowest BCUT2D eigenvalue weighted by molar-refractivity contribution is -0.145. The summed E-state index contributed by atoms with van der Waals surface area (Å²) in [5, 5.41) is 3.60. The van der Waals surface area contributed by atoms with Gasteiger partial charge in [-0.15, -0.1) is 0 Å². The van der Waals surface area contributed by atoms with E-state index in [-0.39, 0.29) is 5.92 Å². The van der Waals surface area contributed by atoms with Crippen molar-refractivity contribution in [2.75, 3.05) is 7.11 Å². The summed E-state index contributed by atoms with van der Waals surface area (Å²) in [5.41, 5.74) is 0.624. The summed E-state index contributed by atoms with van der Waals surface area (Å²) in [5.74, 6) is -0.966. The Morgan fingerprint density at radius 2 is 1.95 bits per heavy atom. The normalized spacial score (nSPS) is 12.5. The van der Waals surface area contributed by atoms with E-state index < -0.39 is 17.9 Å². The smallest absolute Gasteiger partial charge is 0.328 e. The molecule has 0 saturated heterocycles. The van der Waals surface area contributed by atoms with Crippen molar-refractivity contribution in [3.05, 3.63) is 39.9 Å². The molecule has 1 rings (SSSR count). The minimum Gasteiger partial charge on any atom is -0.467 e. The molecule has 0 radical (unpaired) electrons. The van der Waals surface area contributed by atoms with Gasteiger partial charge >= 0.3 is 5.97 Å². The predicted molar refractivity (Wildman–Crippen MR) is 84.3 cm³/mol. The summed E-state index contributed by atoms with van der Waals surface area (Å²) in [6, 6.07) is 4.26. The minimum atomic E-state index is -0.693. The predicted octanol–water partition coefficient (Wildman–Crippen LogP) is 3.32. The highest BCUT2D eigenvalue weighted by atomic mass is 35.5. The molecule has 0 aliphatic carbocycles. The molecule has 6 heteroatoms. The molecular weight excluding hydrogens is 313 g/mol. The third-order valence-corrected chi connectivity index (χ3v) is 3.37. The van der Waals surface area contributed by atoms with Crippen LogP contribution in [0.25, 0.3) is 6.08 Å². The van der Waals surface area contributed by atoms with Crippen molar-refractivity contribution >= 4 is 41.2 Å². The second-order valence-corrected chi connectivity index (χ2v) is 5.60. The van der Waals surface area contributed by atoms with Crippen LogP contribution in [0.3, 0.4) is 0 Å². The highest BCUT2D eigenvalue weighted by Crippen LogP contribution is 2.21. The van der Waals surface area contributed by atoms with Crippen LogP contribution in [-0.2, 0) is 14.3 Å². The van der Waals surface area contributed by atoms with Gasteiger partial charge in [0.15, 0.2) is 0 Å². The first kappa shape index (κ1) is 17.5. The van der Waals surface area contributed by atoms with Gasteiger partial charge in [0.1, 0.15) is 6.04 Å². The number of halogens is 2. The maximum atomic E-state index is 11.9. The summed E-state index contributed by atoms with van der Waals surface area (Å²) >= 11 is 11.9. The molecule has 1 atom stereocenters. The van der Waals surface area contributed by atoms with Crippen LogP contribution in [0.15, 0.2) is 24.3 Å². The van der Waals surface area contributed by atoms with Gasteiger partial charge in [-0.05, 0) is 35.8 Å². The van der Waals surface area contributed by atoms with Crippen LogP contribution in [0.5, 0.6) is 0 Å². The number of hydrogen-bond acceptors (Lipinski definition) is 3. The number of rotatable bonds is 5. The summed E-state index contributed by atoms with van der Waals surface area (Å²) in [7, 11) is 1.28. The Balaban J connectivity index is 2.78. The lowest BCUT2D eigenvalue weighted by atomic mass is 10.0. The minimum absolute atomic E-state index is 0.0791. The van der Waals surface area contributed by atoms with Gasteiger partial charge in [-0.2, -0.15) is 0 Å². The number of benzene rings is 1. The lowest BCUT2D eigenvalue weighted by Crippen LogP contribution is -2.44. The van der Waals surface area contributed by atoms with Crippen molar-refractivity contribution in [1.82, 2.24) is 5.32 Å². The molecule has 0 saturated carbocycles. The zero-order valence-electron chi connectivity index (χ0n) is 12.0. The monoisotopic (exact) mass is 329 g/mol. The first-order valence-corrected chi connectivity index (χ1v) is 7.12. The number of methoxy groups -OCH3 is 1. The van der Waals surface area contributed by atoms with Crippen molar-refractivity contribution < 1.29 is 14.3 Å². The van der Waals surface area contributed by atoms with Gasteiger partial charge in [-0.1, -0.05) is 37.0 Å². The van der Waals surface area contributed by atoms with E-state index >= 15 is 0 Å². The van der Waals surface area contributed by atoms with E-state index in [0.29, 0.717) is 15.6 Å². The molecule has 0 unspecified atom stereocenters. The molecule has 21 heavy (non-hydrogen) atoms. The van der Waals surface area contributed by atoms with E-state index in [1.807, 2.05) is 13.8 Å². The molecule has 0 spiro atoms. The van der Waals surface area contributed by atoms with Gasteiger partial charge in [0.2, 0.25) is 5.91 Å². The number of ether oxygens (including phenoxy) is 1. The second-order valence-electron chi connectivity index (χ2n) is 4.75. The number of carbonyl (C=O) groups is 2. The molecule has 0 fully saturated rings. The molecular formula is C15H17Cl2NO3. The Labute approximate surface area is 134 Å². The van der Waals surface area contributed by atoms with E-state index in [4.69, 9.17) is 23.2 Å². The maximum Gasteiger partial charge on any atom is 0.328 e. The van der Waals surface area contributed by atoms with Gasteiger partial charge in [0, 0.05) is 16.1 Å². The van der Waals surface area contributed by atoms with Crippen molar-refractivity contribution in [1.29, 1.82) is 0 Å². The zero-order valence-corrected chi connectivity index (χ0v) is 13.5. The topological polar surface area (TPSA) is 55.4 Å². The molecule has 1 aromatic carbocycles. The van der Waals surface area contributed by atoms with Crippen LogP contribution in [0, 0.1) is 5.92 Å². The van der Waals surface area contributed by atoms with Gasteiger partial charge in [-0.3, -0.25) is 4.79 Å². The molecule has 1 N–H and O–H groups in total. The highest BCUT2D eigenvalue weighted by Gasteiger charge is 2.23. The Morgan fingerprint density at radius 1 is 1.29 bits per heavy atom. The van der Waals surface area contributed by atoms with Crippen molar-refractivity contribution in [3.8, 4) is 0 Å². The van der Waals surface area contributed by atoms with Crippen LogP contribution in [-0.4, -0.2) is 25.0 Å². The van der Waals surface area contributed by atoms with E-state index in [1.165, 1.54) is 19.3 Å². The van der Waals surface area contributed by atoms with Crippen LogP contribution >= 0.6 is 23.2 Å². The largest absolute Gasteiger partial charge is 0.467 e. The van der Waals surface area contributed by atoms with Gasteiger partial charge < -0.3 is 10.1 Å². The van der Waals surface area contributed by atoms with Gasteiger partial charge in [0.05, 0.1) is 7.11 Å². The maximum absolute atomic E-state index is 11.9. The molecule has 4 nitrogen and oxygen atoms in total. The molecule has 0 bridgehead atoms. The fraction of sp³-hybridized carbons (Fsp3) is 0.333. The summed E-state index contributed by atoms with van der Waals surface area (Å²) in [4.78, 5) is 23.4.